The molecule has 29 heavy (non-hydrogen) atoms. The molecule has 0 aliphatic carbocycles. The van der Waals surface area contributed by atoms with Crippen LogP contribution in [0.3, 0.4) is 0 Å². The van der Waals surface area contributed by atoms with E-state index >= 15 is 0 Å². The Morgan fingerprint density at radius 1 is 1.17 bits per heavy atom. The monoisotopic (exact) mass is 440 g/mol. The fourth-order valence-corrected chi connectivity index (χ4v) is 2.85. The van der Waals surface area contributed by atoms with Crippen LogP contribution in [0.1, 0.15) is 18.5 Å². The van der Waals surface area contributed by atoms with Gasteiger partial charge in [-0.1, -0.05) is 0 Å². The molecule has 1 heterocycles. The number of nitrogens with one attached hydrogen (secondary N) is 2. The van der Waals surface area contributed by atoms with Gasteiger partial charge in [-0.2, -0.15) is 22.0 Å². The Morgan fingerprint density at radius 3 is 2.38 bits per heavy atom. The van der Waals surface area contributed by atoms with E-state index in [0.717, 1.165) is 0 Å². The molecule has 2 N–H and O–H groups in total. The molecule has 0 amide bonds. The SMILES string of the molecule is COc1ccc(OC)c(C2NC(=S)NC(C)=C2C(=O)OCC(F)(F)C(F)(F)F)c1. The van der Waals surface area contributed by atoms with Crippen LogP contribution in [-0.2, 0) is 9.53 Å². The van der Waals surface area contributed by atoms with E-state index in [1.165, 1.54) is 33.3 Å². The second kappa shape index (κ2) is 8.39. The van der Waals surface area contributed by atoms with Crippen LogP contribution in [0, 0.1) is 0 Å². The first-order chi connectivity index (χ1) is 13.4. The van der Waals surface area contributed by atoms with E-state index in [0.29, 0.717) is 17.1 Å². The maximum Gasteiger partial charge on any atom is 0.456 e. The summed E-state index contributed by atoms with van der Waals surface area (Å²) in [5, 5.41) is 5.49. The predicted molar refractivity (Wildman–Crippen MR) is 95.8 cm³/mol. The Labute approximate surface area is 168 Å². The molecule has 1 unspecified atom stereocenters. The highest BCUT2D eigenvalue weighted by Gasteiger charge is 2.58. The van der Waals surface area contributed by atoms with Crippen LogP contribution in [0.4, 0.5) is 22.0 Å². The van der Waals surface area contributed by atoms with E-state index in [1.807, 2.05) is 0 Å². The van der Waals surface area contributed by atoms with Gasteiger partial charge in [0.1, 0.15) is 11.5 Å². The van der Waals surface area contributed by atoms with Crippen LogP contribution in [-0.4, -0.2) is 44.0 Å². The zero-order valence-electron chi connectivity index (χ0n) is 15.4. The van der Waals surface area contributed by atoms with Gasteiger partial charge in [-0.25, -0.2) is 4.79 Å². The number of alkyl halides is 5. The maximum atomic E-state index is 13.1. The number of halogens is 5. The third-order valence-electron chi connectivity index (χ3n) is 4.04. The van der Waals surface area contributed by atoms with Crippen molar-refractivity contribution in [3.05, 3.63) is 35.0 Å². The van der Waals surface area contributed by atoms with Crippen molar-refractivity contribution in [3.63, 3.8) is 0 Å². The van der Waals surface area contributed by atoms with E-state index in [1.54, 1.807) is 6.07 Å². The summed E-state index contributed by atoms with van der Waals surface area (Å²) in [5.74, 6) is -5.87. The summed E-state index contributed by atoms with van der Waals surface area (Å²) < 4.78 is 78.0. The first-order valence-corrected chi connectivity index (χ1v) is 8.44. The Balaban J connectivity index is 2.41. The predicted octanol–water partition coefficient (Wildman–Crippen LogP) is 3.24. The van der Waals surface area contributed by atoms with Crippen molar-refractivity contribution < 1.29 is 41.0 Å². The molecule has 2 rings (SSSR count). The lowest BCUT2D eigenvalue weighted by atomic mass is 9.94. The molecule has 1 aliphatic heterocycles. The molecule has 0 aromatic heterocycles. The van der Waals surface area contributed by atoms with Crippen LogP contribution in [0.5, 0.6) is 11.5 Å². The normalized spacial score (nSPS) is 17.4. The molecule has 12 heteroatoms. The second-order valence-corrected chi connectivity index (χ2v) is 6.36. The van der Waals surface area contributed by atoms with Gasteiger partial charge >= 0.3 is 18.1 Å². The molecule has 0 bridgehead atoms. The second-order valence-electron chi connectivity index (χ2n) is 5.96. The Bertz CT molecular complexity index is 842. The number of ether oxygens (including phenoxy) is 3. The molecule has 1 aromatic carbocycles. The van der Waals surface area contributed by atoms with Crippen LogP contribution < -0.4 is 20.1 Å². The van der Waals surface area contributed by atoms with Gasteiger partial charge in [0, 0.05) is 11.3 Å². The standard InChI is InChI=1S/C17H17F5N2O4S/c1-8-12(14(25)28-7-16(18,19)17(20,21)22)13(24-15(29)23-8)10-6-9(26-2)4-5-11(10)27-3/h4-6,13H,7H2,1-3H3,(H2,23,24,29). The lowest BCUT2D eigenvalue weighted by Gasteiger charge is -2.31. The number of rotatable bonds is 6. The van der Waals surface area contributed by atoms with Gasteiger partial charge in [-0.15, -0.1) is 0 Å². The molecule has 0 fully saturated rings. The van der Waals surface area contributed by atoms with Crippen molar-refractivity contribution in [2.45, 2.75) is 25.1 Å². The molecule has 0 saturated carbocycles. The average molecular weight is 440 g/mol. The summed E-state index contributed by atoms with van der Waals surface area (Å²) in [6.45, 7) is -0.746. The van der Waals surface area contributed by atoms with Crippen molar-refractivity contribution in [2.75, 3.05) is 20.8 Å². The largest absolute Gasteiger partial charge is 0.497 e. The number of allylic oxidation sites excluding steroid dienone is 1. The first kappa shape index (κ1) is 22.7. The maximum absolute atomic E-state index is 13.1. The highest BCUT2D eigenvalue weighted by molar-refractivity contribution is 7.80. The molecule has 1 aliphatic rings. The number of carbonyl (C=O) groups is 1. The number of benzene rings is 1. The topological polar surface area (TPSA) is 68.8 Å². The fourth-order valence-electron chi connectivity index (χ4n) is 2.58. The number of methoxy groups -OCH3 is 2. The van der Waals surface area contributed by atoms with Gasteiger partial charge in [-0.05, 0) is 37.3 Å². The summed E-state index contributed by atoms with van der Waals surface area (Å²) in [6, 6.07) is 3.59. The number of hydrogen-bond acceptors (Lipinski definition) is 5. The third-order valence-corrected chi connectivity index (χ3v) is 4.26. The third kappa shape index (κ3) is 4.86. The van der Waals surface area contributed by atoms with E-state index in [9.17, 15) is 26.7 Å². The summed E-state index contributed by atoms with van der Waals surface area (Å²) in [7, 11) is 2.77. The van der Waals surface area contributed by atoms with Gasteiger partial charge in [0.15, 0.2) is 11.7 Å². The zero-order chi connectivity index (χ0) is 22.0. The fraction of sp³-hybridized carbons (Fsp3) is 0.412. The lowest BCUT2D eigenvalue weighted by molar-refractivity contribution is -0.293. The number of thiocarbonyl (C=S) groups is 1. The summed E-state index contributed by atoms with van der Waals surface area (Å²) in [5.41, 5.74) is 0.233. The smallest absolute Gasteiger partial charge is 0.456 e. The highest BCUT2D eigenvalue weighted by Crippen LogP contribution is 2.38. The number of esters is 1. The molecular weight excluding hydrogens is 423 g/mol. The Kier molecular flexibility index (Phi) is 6.56. The molecular formula is C17H17F5N2O4S. The van der Waals surface area contributed by atoms with Crippen molar-refractivity contribution in [3.8, 4) is 11.5 Å². The van der Waals surface area contributed by atoms with E-state index in [2.05, 4.69) is 15.4 Å². The molecule has 0 spiro atoms. The minimum Gasteiger partial charge on any atom is -0.497 e. The quantitative estimate of drug-likeness (QED) is 0.400. The van der Waals surface area contributed by atoms with Crippen LogP contribution in [0.15, 0.2) is 29.5 Å². The summed E-state index contributed by atoms with van der Waals surface area (Å²) in [4.78, 5) is 12.5. The van der Waals surface area contributed by atoms with Crippen LogP contribution >= 0.6 is 12.2 Å². The summed E-state index contributed by atoms with van der Waals surface area (Å²) in [6.07, 6.45) is -5.85. The van der Waals surface area contributed by atoms with E-state index in [-0.39, 0.29) is 16.4 Å². The van der Waals surface area contributed by atoms with Crippen molar-refractivity contribution in [1.82, 2.24) is 10.6 Å². The van der Waals surface area contributed by atoms with Crippen molar-refractivity contribution >= 4 is 23.3 Å². The van der Waals surface area contributed by atoms with E-state index < -0.39 is 30.7 Å². The van der Waals surface area contributed by atoms with E-state index in [4.69, 9.17) is 21.7 Å². The molecule has 6 nitrogen and oxygen atoms in total. The van der Waals surface area contributed by atoms with Crippen LogP contribution in [0.25, 0.3) is 0 Å². The molecule has 1 aromatic rings. The summed E-state index contributed by atoms with van der Waals surface area (Å²) >= 11 is 5.06. The van der Waals surface area contributed by atoms with Gasteiger partial charge < -0.3 is 24.8 Å². The first-order valence-electron chi connectivity index (χ1n) is 8.03. The number of carbonyl (C=O) groups excluding carboxylic acids is 1. The van der Waals surface area contributed by atoms with Crippen molar-refractivity contribution in [2.24, 2.45) is 0 Å². The van der Waals surface area contributed by atoms with Crippen LogP contribution in [0.2, 0.25) is 0 Å². The minimum atomic E-state index is -5.85. The molecule has 1 atom stereocenters. The van der Waals surface area contributed by atoms with Gasteiger partial charge in [0.05, 0.1) is 25.8 Å². The molecule has 0 radical (unpaired) electrons. The van der Waals surface area contributed by atoms with Gasteiger partial charge in [-0.3, -0.25) is 0 Å². The average Bonchev–Trinajstić information content (AvgIpc) is 2.64. The lowest BCUT2D eigenvalue weighted by Crippen LogP contribution is -2.46. The molecule has 0 saturated heterocycles. The number of hydrogen-bond donors (Lipinski definition) is 2. The zero-order valence-corrected chi connectivity index (χ0v) is 16.3. The van der Waals surface area contributed by atoms with Gasteiger partial charge in [0.2, 0.25) is 0 Å². The molecule has 160 valence electrons. The van der Waals surface area contributed by atoms with Crippen molar-refractivity contribution in [1.29, 1.82) is 0 Å². The minimum absolute atomic E-state index is 0.106. The van der Waals surface area contributed by atoms with Gasteiger partial charge in [0.25, 0.3) is 0 Å². The Morgan fingerprint density at radius 2 is 1.83 bits per heavy atom. The Hall–Kier alpha value is -2.63. The highest BCUT2D eigenvalue weighted by atomic mass is 32.1.